The smallest absolute Gasteiger partial charge is 0.416 e. The largest absolute Gasteiger partial charge is 0.460 e. The van der Waals surface area contributed by atoms with Gasteiger partial charge >= 0.3 is 12.1 Å². The minimum atomic E-state index is -4.58. The first-order chi connectivity index (χ1) is 16.8. The predicted octanol–water partition coefficient (Wildman–Crippen LogP) is 3.46. The fraction of sp³-hybridized carbons (Fsp3) is 0.500. The minimum absolute atomic E-state index is 0.0213. The summed E-state index contributed by atoms with van der Waals surface area (Å²) in [4.78, 5) is 43.5. The fourth-order valence-electron chi connectivity index (χ4n) is 3.77. The normalized spacial score (nSPS) is 15.5. The predicted molar refractivity (Wildman–Crippen MR) is 122 cm³/mol. The number of benzene rings is 1. The zero-order valence-corrected chi connectivity index (χ0v) is 20.1. The molecule has 2 heterocycles. The van der Waals surface area contributed by atoms with Crippen LogP contribution < -0.4 is 10.2 Å². The van der Waals surface area contributed by atoms with Crippen molar-refractivity contribution < 1.29 is 41.4 Å². The number of halogens is 4. The number of aromatic nitrogens is 1. The number of nitrogens with zero attached hydrogens (tertiary/aromatic N) is 2. The number of morpholine rings is 1. The van der Waals surface area contributed by atoms with Crippen LogP contribution in [0, 0.1) is 0 Å². The Hall–Kier alpha value is -3.28. The molecule has 0 spiro atoms. The molecule has 1 fully saturated rings. The van der Waals surface area contributed by atoms with Crippen molar-refractivity contribution in [2.45, 2.75) is 45.0 Å². The second-order valence-electron chi connectivity index (χ2n) is 9.27. The van der Waals surface area contributed by atoms with E-state index in [0.29, 0.717) is 32.0 Å². The Bertz CT molecular complexity index is 1140. The Morgan fingerprint density at radius 2 is 1.83 bits per heavy atom. The van der Waals surface area contributed by atoms with E-state index in [1.165, 1.54) is 6.07 Å². The highest BCUT2D eigenvalue weighted by Crippen LogP contribution is 2.35. The molecule has 0 saturated carbocycles. The van der Waals surface area contributed by atoms with Gasteiger partial charge in [0, 0.05) is 24.7 Å². The summed E-state index contributed by atoms with van der Waals surface area (Å²) in [6.07, 6.45) is -4.06. The number of anilines is 1. The molecule has 12 heteroatoms. The van der Waals surface area contributed by atoms with Crippen LogP contribution in [-0.4, -0.2) is 67.3 Å². The molecule has 1 amide bonds. The highest BCUT2D eigenvalue weighted by molar-refractivity contribution is 6.09. The van der Waals surface area contributed by atoms with Gasteiger partial charge in [0.1, 0.15) is 18.3 Å². The first kappa shape index (κ1) is 27.3. The van der Waals surface area contributed by atoms with Crippen LogP contribution in [0.1, 0.15) is 43.1 Å². The number of pyridine rings is 1. The summed E-state index contributed by atoms with van der Waals surface area (Å²) in [5, 5.41) is 2.66. The number of carbonyl (C=O) groups excluding carboxylic acids is 3. The van der Waals surface area contributed by atoms with Gasteiger partial charge in [0.2, 0.25) is 0 Å². The van der Waals surface area contributed by atoms with E-state index in [-0.39, 0.29) is 16.5 Å². The van der Waals surface area contributed by atoms with Gasteiger partial charge in [-0.3, -0.25) is 19.4 Å². The van der Waals surface area contributed by atoms with Crippen LogP contribution in [0.4, 0.5) is 23.2 Å². The van der Waals surface area contributed by atoms with Crippen molar-refractivity contribution in [2.75, 3.05) is 37.9 Å². The summed E-state index contributed by atoms with van der Waals surface area (Å²) in [7, 11) is 0. The first-order valence-corrected chi connectivity index (χ1v) is 11.2. The fourth-order valence-corrected chi connectivity index (χ4v) is 3.77. The van der Waals surface area contributed by atoms with E-state index in [1.807, 2.05) is 0 Å². The Kier molecular flexibility index (Phi) is 8.17. The SMILES string of the molecule is CC(C)(C)OC(=O)CC(NC(=O)c1cnc2cc(C(F)(F)F)ccc2c1N1CCOCC1)C(=O)CF. The highest BCUT2D eigenvalue weighted by Gasteiger charge is 2.32. The van der Waals surface area contributed by atoms with E-state index in [2.05, 4.69) is 10.3 Å². The second-order valence-corrected chi connectivity index (χ2v) is 9.27. The van der Waals surface area contributed by atoms with E-state index in [4.69, 9.17) is 9.47 Å². The number of alkyl halides is 4. The molecule has 3 rings (SSSR count). The number of carbonyl (C=O) groups is 3. The molecule has 1 unspecified atom stereocenters. The van der Waals surface area contributed by atoms with Gasteiger partial charge in [0.15, 0.2) is 5.78 Å². The van der Waals surface area contributed by atoms with Crippen LogP contribution in [0.3, 0.4) is 0 Å². The molecule has 0 aliphatic carbocycles. The topological polar surface area (TPSA) is 97.8 Å². The maximum atomic E-state index is 13.3. The summed E-state index contributed by atoms with van der Waals surface area (Å²) in [6, 6.07) is 1.52. The molecule has 0 radical (unpaired) electrons. The number of hydrogen-bond acceptors (Lipinski definition) is 7. The standard InChI is InChI=1S/C24H27F4N3O5/c1-23(2,3)36-20(33)11-18(19(32)12-25)30-22(34)16-13-29-17-10-14(24(26,27)28)4-5-15(17)21(16)31-6-8-35-9-7-31/h4-5,10,13,18H,6-9,11-12H2,1-3H3,(H,30,34). The maximum absolute atomic E-state index is 13.3. The lowest BCUT2D eigenvalue weighted by Crippen LogP contribution is -2.45. The van der Waals surface area contributed by atoms with Crippen LogP contribution in [0.25, 0.3) is 10.9 Å². The third kappa shape index (κ3) is 6.68. The van der Waals surface area contributed by atoms with Gasteiger partial charge in [0.05, 0.1) is 42.0 Å². The summed E-state index contributed by atoms with van der Waals surface area (Å²) in [5.74, 6) is -2.66. The summed E-state index contributed by atoms with van der Waals surface area (Å²) in [5.41, 5.74) is -1.46. The molecule has 2 aromatic rings. The van der Waals surface area contributed by atoms with Crippen LogP contribution in [0.2, 0.25) is 0 Å². The zero-order chi connectivity index (χ0) is 26.7. The molecule has 1 N–H and O–H groups in total. The maximum Gasteiger partial charge on any atom is 0.416 e. The number of Topliss-reactive ketones (excluding diaryl/α,β-unsaturated/α-hetero) is 1. The number of ether oxygens (including phenoxy) is 2. The van der Waals surface area contributed by atoms with Crippen LogP contribution in [0.5, 0.6) is 0 Å². The quantitative estimate of drug-likeness (QED) is 0.447. The molecule has 36 heavy (non-hydrogen) atoms. The van der Waals surface area contributed by atoms with E-state index >= 15 is 0 Å². The Morgan fingerprint density at radius 3 is 2.42 bits per heavy atom. The van der Waals surface area contributed by atoms with Gasteiger partial charge in [-0.1, -0.05) is 6.07 Å². The van der Waals surface area contributed by atoms with E-state index in [9.17, 15) is 31.9 Å². The Balaban J connectivity index is 2.00. The average molecular weight is 513 g/mol. The third-order valence-corrected chi connectivity index (χ3v) is 5.36. The molecule has 1 aromatic heterocycles. The molecule has 1 aromatic carbocycles. The zero-order valence-electron chi connectivity index (χ0n) is 20.1. The average Bonchev–Trinajstić information content (AvgIpc) is 2.80. The number of hydrogen-bond donors (Lipinski definition) is 1. The Labute approximate surface area is 204 Å². The van der Waals surface area contributed by atoms with Gasteiger partial charge in [0.25, 0.3) is 5.91 Å². The van der Waals surface area contributed by atoms with Crippen LogP contribution in [-0.2, 0) is 25.2 Å². The number of rotatable bonds is 7. The number of fused-ring (bicyclic) bond motifs is 1. The summed E-state index contributed by atoms with van der Waals surface area (Å²) in [6.45, 7) is 4.80. The lowest BCUT2D eigenvalue weighted by Gasteiger charge is -2.31. The van der Waals surface area contributed by atoms with Crippen LogP contribution in [0.15, 0.2) is 24.4 Å². The highest BCUT2D eigenvalue weighted by atomic mass is 19.4. The molecule has 0 bridgehead atoms. The molecule has 1 aliphatic rings. The number of esters is 1. The van der Waals surface area contributed by atoms with Gasteiger partial charge < -0.3 is 19.7 Å². The van der Waals surface area contributed by atoms with Gasteiger partial charge in [-0.05, 0) is 32.9 Å². The molecule has 1 aliphatic heterocycles. The number of amides is 1. The van der Waals surface area contributed by atoms with Crippen LogP contribution >= 0.6 is 0 Å². The van der Waals surface area contributed by atoms with Gasteiger partial charge in [-0.15, -0.1) is 0 Å². The molecular weight excluding hydrogens is 486 g/mol. The van der Waals surface area contributed by atoms with Crippen molar-refractivity contribution in [3.8, 4) is 0 Å². The molecule has 1 saturated heterocycles. The lowest BCUT2D eigenvalue weighted by molar-refractivity contribution is -0.156. The summed E-state index contributed by atoms with van der Waals surface area (Å²) >= 11 is 0. The molecule has 1 atom stereocenters. The van der Waals surface area contributed by atoms with Crippen molar-refractivity contribution in [3.05, 3.63) is 35.5 Å². The van der Waals surface area contributed by atoms with E-state index < -0.39 is 54.1 Å². The van der Waals surface area contributed by atoms with Crippen molar-refractivity contribution in [2.24, 2.45) is 0 Å². The molecule has 196 valence electrons. The minimum Gasteiger partial charge on any atom is -0.460 e. The molecule has 8 nitrogen and oxygen atoms in total. The number of ketones is 1. The number of nitrogens with one attached hydrogen (secondary N) is 1. The van der Waals surface area contributed by atoms with Crippen molar-refractivity contribution >= 4 is 34.3 Å². The monoisotopic (exact) mass is 513 g/mol. The van der Waals surface area contributed by atoms with Crippen molar-refractivity contribution in [1.29, 1.82) is 0 Å². The second kappa shape index (κ2) is 10.8. The summed E-state index contributed by atoms with van der Waals surface area (Å²) < 4.78 is 63.4. The third-order valence-electron chi connectivity index (χ3n) is 5.36. The lowest BCUT2D eigenvalue weighted by atomic mass is 10.0. The van der Waals surface area contributed by atoms with Gasteiger partial charge in [-0.2, -0.15) is 13.2 Å². The first-order valence-electron chi connectivity index (χ1n) is 11.2. The van der Waals surface area contributed by atoms with E-state index in [1.54, 1.807) is 25.7 Å². The molecular formula is C24H27F4N3O5. The van der Waals surface area contributed by atoms with Crippen molar-refractivity contribution in [1.82, 2.24) is 10.3 Å². The van der Waals surface area contributed by atoms with Crippen molar-refractivity contribution in [3.63, 3.8) is 0 Å². The Morgan fingerprint density at radius 1 is 1.17 bits per heavy atom. The van der Waals surface area contributed by atoms with Gasteiger partial charge in [-0.25, -0.2) is 4.39 Å². The van der Waals surface area contributed by atoms with E-state index in [0.717, 1.165) is 18.3 Å².